The molecule has 5 nitrogen and oxygen atoms in total. The molecule has 3 heterocycles. The van der Waals surface area contributed by atoms with Gasteiger partial charge in [0.1, 0.15) is 5.82 Å². The van der Waals surface area contributed by atoms with E-state index in [0.717, 1.165) is 68.7 Å². The van der Waals surface area contributed by atoms with Crippen molar-refractivity contribution >= 4 is 5.82 Å². The van der Waals surface area contributed by atoms with Crippen LogP contribution in [0, 0.1) is 6.92 Å². The van der Waals surface area contributed by atoms with Gasteiger partial charge in [0.05, 0.1) is 30.8 Å². The normalized spacial score (nSPS) is 18.7. The molecule has 0 bridgehead atoms. The van der Waals surface area contributed by atoms with Gasteiger partial charge in [-0.3, -0.25) is 9.88 Å². The topological polar surface area (TPSA) is 41.5 Å². The molecule has 0 unspecified atom stereocenters. The van der Waals surface area contributed by atoms with Crippen molar-refractivity contribution in [3.8, 4) is 11.3 Å². The Balaban J connectivity index is 1.47. The standard InChI is InChI=1S/C20H26N4O/c1-16-20(21-14-19(22-16)24-8-2-3-9-24)18-6-4-17(5-7-18)15-23-10-12-25-13-11-23/h4-7,14H,2-3,8-13,15H2,1H3. The van der Waals surface area contributed by atoms with E-state index in [-0.39, 0.29) is 0 Å². The molecule has 2 saturated heterocycles. The van der Waals surface area contributed by atoms with Gasteiger partial charge < -0.3 is 9.64 Å². The summed E-state index contributed by atoms with van der Waals surface area (Å²) in [5.41, 5.74) is 4.47. The molecule has 132 valence electrons. The number of rotatable bonds is 4. The van der Waals surface area contributed by atoms with Gasteiger partial charge in [-0.15, -0.1) is 0 Å². The van der Waals surface area contributed by atoms with E-state index in [1.165, 1.54) is 18.4 Å². The molecule has 0 atom stereocenters. The van der Waals surface area contributed by atoms with Crippen molar-refractivity contribution in [1.29, 1.82) is 0 Å². The quantitative estimate of drug-likeness (QED) is 0.857. The second kappa shape index (κ2) is 7.50. The predicted octanol–water partition coefficient (Wildman–Crippen LogP) is 2.88. The van der Waals surface area contributed by atoms with Crippen molar-refractivity contribution in [2.75, 3.05) is 44.3 Å². The van der Waals surface area contributed by atoms with Crippen LogP contribution in [0.25, 0.3) is 11.3 Å². The summed E-state index contributed by atoms with van der Waals surface area (Å²) in [4.78, 5) is 14.3. The summed E-state index contributed by atoms with van der Waals surface area (Å²) >= 11 is 0. The minimum absolute atomic E-state index is 0.843. The third-order valence-corrected chi connectivity index (χ3v) is 5.10. The third kappa shape index (κ3) is 3.83. The second-order valence-corrected chi connectivity index (χ2v) is 6.94. The van der Waals surface area contributed by atoms with Gasteiger partial charge in [0.2, 0.25) is 0 Å². The first-order valence-electron chi connectivity index (χ1n) is 9.27. The number of nitrogens with zero attached hydrogens (tertiary/aromatic N) is 4. The maximum atomic E-state index is 5.41. The molecule has 25 heavy (non-hydrogen) atoms. The molecule has 0 aliphatic carbocycles. The highest BCUT2D eigenvalue weighted by Gasteiger charge is 2.16. The van der Waals surface area contributed by atoms with Crippen LogP contribution >= 0.6 is 0 Å². The molecule has 0 saturated carbocycles. The second-order valence-electron chi connectivity index (χ2n) is 6.94. The summed E-state index contributed by atoms with van der Waals surface area (Å²) < 4.78 is 5.41. The lowest BCUT2D eigenvalue weighted by atomic mass is 10.1. The van der Waals surface area contributed by atoms with E-state index in [1.54, 1.807) is 0 Å². The van der Waals surface area contributed by atoms with Crippen LogP contribution in [0.5, 0.6) is 0 Å². The lowest BCUT2D eigenvalue weighted by Crippen LogP contribution is -2.35. The molecule has 4 rings (SSSR count). The van der Waals surface area contributed by atoms with Crippen molar-refractivity contribution < 1.29 is 4.74 Å². The lowest BCUT2D eigenvalue weighted by molar-refractivity contribution is 0.0342. The highest BCUT2D eigenvalue weighted by Crippen LogP contribution is 2.24. The first-order chi connectivity index (χ1) is 12.3. The summed E-state index contributed by atoms with van der Waals surface area (Å²) in [5.74, 6) is 1.02. The van der Waals surface area contributed by atoms with Crippen molar-refractivity contribution in [3.05, 3.63) is 41.7 Å². The monoisotopic (exact) mass is 338 g/mol. The average Bonchev–Trinajstić information content (AvgIpc) is 3.18. The molecule has 1 aromatic heterocycles. The van der Waals surface area contributed by atoms with E-state index >= 15 is 0 Å². The number of hydrogen-bond acceptors (Lipinski definition) is 5. The molecule has 0 spiro atoms. The number of anilines is 1. The first-order valence-corrected chi connectivity index (χ1v) is 9.27. The van der Waals surface area contributed by atoms with Crippen molar-refractivity contribution in [2.45, 2.75) is 26.3 Å². The Labute approximate surface area is 149 Å². The van der Waals surface area contributed by atoms with Crippen LogP contribution < -0.4 is 4.90 Å². The van der Waals surface area contributed by atoms with E-state index in [2.05, 4.69) is 41.0 Å². The molecule has 2 aliphatic heterocycles. The number of hydrogen-bond donors (Lipinski definition) is 0. The summed E-state index contributed by atoms with van der Waals surface area (Å²) in [5, 5.41) is 0. The molecular weight excluding hydrogens is 312 g/mol. The summed E-state index contributed by atoms with van der Waals surface area (Å²) in [6.07, 6.45) is 4.44. The van der Waals surface area contributed by atoms with Gasteiger partial charge in [-0.1, -0.05) is 24.3 Å². The van der Waals surface area contributed by atoms with Crippen LogP contribution in [0.4, 0.5) is 5.82 Å². The number of ether oxygens (including phenoxy) is 1. The van der Waals surface area contributed by atoms with Gasteiger partial charge >= 0.3 is 0 Å². The SMILES string of the molecule is Cc1nc(N2CCCC2)cnc1-c1ccc(CN2CCOCC2)cc1. The Morgan fingerprint density at radius 2 is 1.72 bits per heavy atom. The minimum atomic E-state index is 0.843. The van der Waals surface area contributed by atoms with Gasteiger partial charge in [-0.25, -0.2) is 4.98 Å². The van der Waals surface area contributed by atoms with E-state index in [4.69, 9.17) is 14.7 Å². The van der Waals surface area contributed by atoms with Gasteiger partial charge in [-0.05, 0) is 25.3 Å². The first kappa shape index (κ1) is 16.5. The maximum Gasteiger partial charge on any atom is 0.147 e. The summed E-state index contributed by atoms with van der Waals surface area (Å²) in [7, 11) is 0. The number of benzene rings is 1. The largest absolute Gasteiger partial charge is 0.379 e. The summed E-state index contributed by atoms with van der Waals surface area (Å²) in [6, 6.07) is 8.76. The van der Waals surface area contributed by atoms with Gasteiger partial charge in [-0.2, -0.15) is 0 Å². The Hall–Kier alpha value is -1.98. The van der Waals surface area contributed by atoms with Crippen LogP contribution in [0.3, 0.4) is 0 Å². The van der Waals surface area contributed by atoms with Crippen LogP contribution in [-0.2, 0) is 11.3 Å². The molecule has 1 aromatic carbocycles. The highest BCUT2D eigenvalue weighted by atomic mass is 16.5. The maximum absolute atomic E-state index is 5.41. The van der Waals surface area contributed by atoms with E-state index < -0.39 is 0 Å². The van der Waals surface area contributed by atoms with Crippen molar-refractivity contribution in [1.82, 2.24) is 14.9 Å². The predicted molar refractivity (Wildman–Crippen MR) is 99.7 cm³/mol. The van der Waals surface area contributed by atoms with Gasteiger partial charge in [0, 0.05) is 38.3 Å². The zero-order valence-electron chi connectivity index (χ0n) is 14.9. The number of morpholine rings is 1. The third-order valence-electron chi connectivity index (χ3n) is 5.10. The van der Waals surface area contributed by atoms with E-state index in [9.17, 15) is 0 Å². The zero-order chi connectivity index (χ0) is 17.1. The van der Waals surface area contributed by atoms with Crippen molar-refractivity contribution in [2.24, 2.45) is 0 Å². The molecule has 0 N–H and O–H groups in total. The molecule has 5 heteroatoms. The fraction of sp³-hybridized carbons (Fsp3) is 0.500. The Bertz CT molecular complexity index is 704. The molecule has 2 aromatic rings. The Kier molecular flexibility index (Phi) is 4.95. The zero-order valence-corrected chi connectivity index (χ0v) is 14.9. The minimum Gasteiger partial charge on any atom is -0.379 e. The Morgan fingerprint density at radius 3 is 2.40 bits per heavy atom. The van der Waals surface area contributed by atoms with E-state index in [1.807, 2.05) is 6.20 Å². The van der Waals surface area contributed by atoms with Crippen LogP contribution in [0.15, 0.2) is 30.5 Å². The smallest absolute Gasteiger partial charge is 0.147 e. The highest BCUT2D eigenvalue weighted by molar-refractivity contribution is 5.62. The van der Waals surface area contributed by atoms with Gasteiger partial charge in [0.25, 0.3) is 0 Å². The van der Waals surface area contributed by atoms with Crippen LogP contribution in [-0.4, -0.2) is 54.3 Å². The van der Waals surface area contributed by atoms with Gasteiger partial charge in [0.15, 0.2) is 0 Å². The number of aromatic nitrogens is 2. The van der Waals surface area contributed by atoms with Crippen molar-refractivity contribution in [3.63, 3.8) is 0 Å². The molecule has 2 fully saturated rings. The Morgan fingerprint density at radius 1 is 1.00 bits per heavy atom. The molecular formula is C20H26N4O. The number of aryl methyl sites for hydroxylation is 1. The molecule has 0 amide bonds. The average molecular weight is 338 g/mol. The molecule has 2 aliphatic rings. The van der Waals surface area contributed by atoms with Crippen LogP contribution in [0.2, 0.25) is 0 Å². The van der Waals surface area contributed by atoms with E-state index in [0.29, 0.717) is 0 Å². The lowest BCUT2D eigenvalue weighted by Gasteiger charge is -2.26. The molecule has 0 radical (unpaired) electrons. The summed E-state index contributed by atoms with van der Waals surface area (Å²) in [6.45, 7) is 8.97. The fourth-order valence-electron chi connectivity index (χ4n) is 3.64. The fourth-order valence-corrected chi connectivity index (χ4v) is 3.64. The van der Waals surface area contributed by atoms with Crippen LogP contribution in [0.1, 0.15) is 24.1 Å².